The highest BCUT2D eigenvalue weighted by Gasteiger charge is 2.34. The van der Waals surface area contributed by atoms with Crippen LogP contribution in [0.25, 0.3) is 22.3 Å². The van der Waals surface area contributed by atoms with Crippen molar-refractivity contribution in [2.24, 2.45) is 0 Å². The minimum Gasteiger partial charge on any atom is -0.336 e. The van der Waals surface area contributed by atoms with E-state index in [2.05, 4.69) is 9.97 Å². The van der Waals surface area contributed by atoms with Gasteiger partial charge < -0.3 is 28.7 Å². The molecule has 2 heterocycles. The van der Waals surface area contributed by atoms with E-state index in [9.17, 15) is 59.1 Å². The van der Waals surface area contributed by atoms with Gasteiger partial charge in [-0.15, -0.1) is 0 Å². The maximum atomic E-state index is 15.3. The summed E-state index contributed by atoms with van der Waals surface area (Å²) < 4.78 is 387. The Hall–Kier alpha value is -7.92. The highest BCUT2D eigenvalue weighted by atomic mass is 32.2. The van der Waals surface area contributed by atoms with Crippen LogP contribution < -0.4 is 11.1 Å². The fourth-order valence-corrected chi connectivity index (χ4v) is 11.3. The van der Waals surface area contributed by atoms with Gasteiger partial charge in [0.2, 0.25) is 11.8 Å². The van der Waals surface area contributed by atoms with Crippen LogP contribution in [-0.2, 0) is 78.5 Å². The smallest absolute Gasteiger partial charge is 0.336 e. The van der Waals surface area contributed by atoms with Gasteiger partial charge in [-0.05, 0) is 171 Å². The van der Waals surface area contributed by atoms with Crippen LogP contribution >= 0.6 is 23.5 Å². The fraction of sp³-hybridized carbons (Fsp3) is 0.378. The van der Waals surface area contributed by atoms with E-state index >= 15 is 4.79 Å². The summed E-state index contributed by atoms with van der Waals surface area (Å²) in [7, 11) is 0. The molecule has 0 spiro atoms. The average molecular weight is 1390 g/mol. The average Bonchev–Trinajstić information content (AvgIpc) is 1.51. The predicted molar refractivity (Wildman–Crippen MR) is 363 cm³/mol. The third-order valence-corrected chi connectivity index (χ3v) is 16.5. The standard InChI is InChI=1S/2C37H40F4N4O2S/c1-4-43(5-2)21-22-44(25(3)27-11-13-28(14-12-27)29-15-17-30(18-16-29)37(39,40)41)34(46)23-45-33-8-6-7-32(33)35(47)42-36(45)48-24-26-9-19-31(38)20-10-26;1-4-43(5-2)19-20-44(22-26-9-13-28(14-10-26)29-15-18-32(25(3)21-29)37(39,40)41)34(46)23-45-33-8-6-7-31(33)35(47)42-36(45)48-24-27-11-16-30(38)17-12-27/h9-20,25H,4-8,21-24H2,1-3H3;9-18,21H,4-8,19-20,22-24H2,1-3H3/i4D2,5D2,23D2,25D;4D2,5D2,6D2,7D2,8D2,9D,10D,11D,12D,13D,14D,15D,16D,17D,18D,21D,22D2,23D2. The molecule has 1 atom stereocenters. The van der Waals surface area contributed by atoms with Gasteiger partial charge >= 0.3 is 12.4 Å². The molecule has 0 bridgehead atoms. The summed E-state index contributed by atoms with van der Waals surface area (Å²) in [6, 6.07) is -0.439. The third-order valence-electron chi connectivity index (χ3n) is 14.5. The molecule has 6 aromatic carbocycles. The van der Waals surface area contributed by atoms with E-state index in [-0.39, 0.29) is 55.4 Å². The lowest BCUT2D eigenvalue weighted by Crippen LogP contribution is -2.42. The van der Waals surface area contributed by atoms with Crippen molar-refractivity contribution in [2.45, 2.75) is 140 Å². The van der Waals surface area contributed by atoms with Crippen molar-refractivity contribution >= 4 is 35.3 Å². The molecule has 0 fully saturated rings. The maximum Gasteiger partial charge on any atom is 0.416 e. The Morgan fingerprint density at radius 1 is 0.604 bits per heavy atom. The summed E-state index contributed by atoms with van der Waals surface area (Å²) in [6.45, 7) is -18.9. The number of carbonyl (C=O) groups is 2. The van der Waals surface area contributed by atoms with E-state index in [4.69, 9.17) is 34.3 Å². The van der Waals surface area contributed by atoms with Gasteiger partial charge in [0.15, 0.2) is 10.3 Å². The topological polar surface area (TPSA) is 117 Å². The first kappa shape index (κ1) is 40.7. The number of alkyl halides is 6. The SMILES string of the molecule is [2H]C([2H])(C)N(CCN(C(=O)C([2H])([2H])n1c(SCc2ccc(F)cc2)nc(=O)c2c1CCC2)C([2H])(C)c1ccc(-c2ccc(C(F)(F)F)cc2)cc1)C([2H])([2H])C.[2H]c1c([2H])c(CSc2nc(=O)c3c(n2C([2H])([2H])C(=O)N(CCN(C([2H])([2H])C)C([2H])([2H])C)C([2H])([2H])c2c([2H])c([2H])c(-c4c([2H])c([2H])c(C(F)(F)F)c(C)c4[2H])c([2H])c2[2H])C([2H])([2H])C([2H])([2H])C3([2H])[2H])c([2H])c([2H])c1F. The highest BCUT2D eigenvalue weighted by molar-refractivity contribution is 7.98. The van der Waals surface area contributed by atoms with Crippen molar-refractivity contribution in [1.82, 2.24) is 38.7 Å². The number of carbonyl (C=O) groups excluding carboxylic acids is 2. The lowest BCUT2D eigenvalue weighted by atomic mass is 9.98. The van der Waals surface area contributed by atoms with Crippen molar-refractivity contribution in [3.8, 4) is 22.3 Å². The van der Waals surface area contributed by atoms with E-state index in [1.807, 2.05) is 0 Å². The molecule has 8 aromatic rings. The molecule has 0 saturated carbocycles. The molecule has 508 valence electrons. The van der Waals surface area contributed by atoms with Crippen LogP contribution in [0.5, 0.6) is 0 Å². The van der Waals surface area contributed by atoms with E-state index in [1.165, 1.54) is 55.5 Å². The van der Waals surface area contributed by atoms with Crippen LogP contribution in [0.3, 0.4) is 0 Å². The Balaban J connectivity index is 0.000000300. The fourth-order valence-electron chi connectivity index (χ4n) is 9.54. The number of hydrogen-bond acceptors (Lipinski definition) is 10. The molecule has 0 saturated heterocycles. The zero-order valence-electron chi connectivity index (χ0n) is 83.8. The van der Waals surface area contributed by atoms with E-state index < -0.39 is 271 Å². The van der Waals surface area contributed by atoms with Gasteiger partial charge in [-0.3, -0.25) is 19.2 Å². The predicted octanol–water partition coefficient (Wildman–Crippen LogP) is 15.3. The molecule has 2 aliphatic rings. The summed E-state index contributed by atoms with van der Waals surface area (Å²) in [5, 5.41) is -1.35. The lowest BCUT2D eigenvalue weighted by Gasteiger charge is -2.33. The van der Waals surface area contributed by atoms with E-state index in [0.717, 1.165) is 72.9 Å². The van der Waals surface area contributed by atoms with Crippen LogP contribution in [0.2, 0.25) is 0 Å². The van der Waals surface area contributed by atoms with Gasteiger partial charge in [0, 0.05) is 85.9 Å². The molecule has 10 rings (SSSR count). The van der Waals surface area contributed by atoms with Crippen molar-refractivity contribution in [2.75, 3.05) is 52.2 Å². The minimum absolute atomic E-state index is 0.0158. The number of thioether (sulfide) groups is 2. The molecule has 96 heavy (non-hydrogen) atoms. The molecule has 2 amide bonds. The van der Waals surface area contributed by atoms with Gasteiger partial charge in [-0.25, -0.2) is 8.78 Å². The monoisotopic (exact) mass is 1390 g/mol. The maximum absolute atomic E-state index is 15.3. The van der Waals surface area contributed by atoms with Gasteiger partial charge in [0.05, 0.1) is 41.8 Å². The first-order chi connectivity index (χ1) is 58.1. The minimum atomic E-state index is -5.30. The van der Waals surface area contributed by atoms with Crippen molar-refractivity contribution in [3.63, 3.8) is 0 Å². The number of halogens is 8. The number of fused-ring (bicyclic) bond motifs is 2. The van der Waals surface area contributed by atoms with Crippen LogP contribution in [0, 0.1) is 18.6 Å². The number of benzene rings is 6. The number of amides is 2. The number of rotatable bonds is 26. The van der Waals surface area contributed by atoms with Crippen LogP contribution in [-0.4, -0.2) is 103 Å². The molecule has 0 aliphatic heterocycles. The quantitative estimate of drug-likeness (QED) is 0.0295. The second-order valence-electron chi connectivity index (χ2n) is 20.6. The van der Waals surface area contributed by atoms with Gasteiger partial charge in [-0.1, -0.05) is 148 Å². The van der Waals surface area contributed by atoms with E-state index in [1.54, 1.807) is 12.1 Å². The lowest BCUT2D eigenvalue weighted by molar-refractivity contribution is -0.138. The Bertz CT molecular complexity index is 5680. The number of hydrogen-bond donors (Lipinski definition) is 0. The first-order valence-electron chi connectivity index (χ1n) is 45.0. The first-order valence-corrected chi connectivity index (χ1v) is 31.0. The molecular formula is C74H80F8N8O4S2. The van der Waals surface area contributed by atoms with Crippen molar-refractivity contribution < 1.29 is 88.6 Å². The zero-order chi connectivity index (χ0) is 97.3. The Morgan fingerprint density at radius 3 is 1.74 bits per heavy atom. The second kappa shape index (κ2) is 32.9. The van der Waals surface area contributed by atoms with E-state index in [0.29, 0.717) is 34.4 Å². The van der Waals surface area contributed by atoms with Crippen LogP contribution in [0.15, 0.2) is 159 Å². The number of nitrogens with zero attached hydrogens (tertiary/aromatic N) is 8. The molecule has 1 unspecified atom stereocenters. The zero-order valence-corrected chi connectivity index (χ0v) is 53.5. The molecule has 0 radical (unpaired) electrons. The number of aromatic nitrogens is 4. The molecule has 2 aliphatic carbocycles. The second-order valence-corrected chi connectivity index (χ2v) is 22.5. The third kappa shape index (κ3) is 18.6. The Kier molecular flexibility index (Phi) is 13.9. The molecule has 2 aromatic heterocycles. The normalized spacial score (nSPS) is 21.0. The molecule has 12 nitrogen and oxygen atoms in total. The largest absolute Gasteiger partial charge is 0.416 e. The van der Waals surface area contributed by atoms with Crippen molar-refractivity contribution in [3.05, 3.63) is 233 Å². The summed E-state index contributed by atoms with van der Waals surface area (Å²) in [4.78, 5) is 66.5. The Labute approximate surface area is 608 Å². The van der Waals surface area contributed by atoms with Crippen molar-refractivity contribution in [1.29, 1.82) is 0 Å². The van der Waals surface area contributed by atoms with Crippen LogP contribution in [0.4, 0.5) is 35.1 Å². The molecule has 22 heteroatoms. The van der Waals surface area contributed by atoms with Gasteiger partial charge in [0.25, 0.3) is 11.1 Å². The summed E-state index contributed by atoms with van der Waals surface area (Å²) in [5.74, 6) is -6.48. The van der Waals surface area contributed by atoms with Crippen LogP contribution in [0.1, 0.15) is 159 Å². The van der Waals surface area contributed by atoms with Gasteiger partial charge in [0.1, 0.15) is 24.6 Å². The summed E-state index contributed by atoms with van der Waals surface area (Å²) in [5.41, 5.74) is -11.1. The molecular weight excluding hydrogens is 1280 g/mol. The Morgan fingerprint density at radius 2 is 1.15 bits per heavy atom. The highest BCUT2D eigenvalue weighted by Crippen LogP contribution is 2.36. The number of likely N-dealkylation sites (N-methyl/N-ethyl adjacent to an activating group) is 2. The summed E-state index contributed by atoms with van der Waals surface area (Å²) in [6.07, 6.45) is -20.2. The summed E-state index contributed by atoms with van der Waals surface area (Å²) >= 11 is 0.990. The molecule has 0 N–H and O–H groups in total. The van der Waals surface area contributed by atoms with Gasteiger partial charge in [-0.2, -0.15) is 36.3 Å².